The van der Waals surface area contributed by atoms with Gasteiger partial charge in [-0.3, -0.25) is 0 Å². The minimum atomic E-state index is 0.289. The molecule has 0 radical (unpaired) electrons. The maximum absolute atomic E-state index is 6.14. The van der Waals surface area contributed by atoms with E-state index < -0.39 is 0 Å². The second-order valence-corrected chi connectivity index (χ2v) is 11.1. The van der Waals surface area contributed by atoms with Crippen LogP contribution in [-0.4, -0.2) is 22.2 Å². The highest BCUT2D eigenvalue weighted by Gasteiger charge is 2.25. The first-order valence-electron chi connectivity index (χ1n) is 14.2. The van der Waals surface area contributed by atoms with Gasteiger partial charge in [-0.1, -0.05) is 90.4 Å². The second-order valence-electron chi connectivity index (χ2n) is 10.3. The van der Waals surface area contributed by atoms with Crippen molar-refractivity contribution in [1.82, 2.24) is 9.97 Å². The summed E-state index contributed by atoms with van der Waals surface area (Å²) in [5.74, 6) is 0.685. The molecule has 0 aromatic carbocycles. The molecule has 0 unspecified atom stereocenters. The largest absolute Gasteiger partial charge is 0.473 e. The first-order valence-corrected chi connectivity index (χ1v) is 14.9. The van der Waals surface area contributed by atoms with Gasteiger partial charge < -0.3 is 9.47 Å². The van der Waals surface area contributed by atoms with Gasteiger partial charge >= 0.3 is 6.01 Å². The molecule has 1 aromatic heterocycles. The number of unbranched alkanes of at least 4 members (excludes halogenated alkanes) is 13. The number of nitrogens with zero attached hydrogens (tertiary/aromatic N) is 2. The highest BCUT2D eigenvalue weighted by Crippen LogP contribution is 2.34. The summed E-state index contributed by atoms with van der Waals surface area (Å²) in [6.45, 7) is 2.29. The molecule has 0 spiro atoms. The molecule has 2 aliphatic carbocycles. The normalized spacial score (nSPS) is 16.4. The molecule has 2 saturated carbocycles. The van der Waals surface area contributed by atoms with Crippen LogP contribution in [0.25, 0.3) is 0 Å². The molecule has 0 aliphatic heterocycles. The van der Waals surface area contributed by atoms with Crippen LogP contribution in [0.3, 0.4) is 0 Å². The second kappa shape index (κ2) is 15.9. The van der Waals surface area contributed by atoms with Crippen LogP contribution < -0.4 is 9.47 Å². The van der Waals surface area contributed by atoms with Crippen LogP contribution >= 0.6 is 15.9 Å². The van der Waals surface area contributed by atoms with Gasteiger partial charge in [-0.25, -0.2) is 0 Å². The Kier molecular flexibility index (Phi) is 12.9. The molecule has 0 N–H and O–H groups in total. The Morgan fingerprint density at radius 3 is 1.64 bits per heavy atom. The molecule has 0 bridgehead atoms. The van der Waals surface area contributed by atoms with Crippen molar-refractivity contribution >= 4 is 15.9 Å². The fraction of sp³-hybridized carbons (Fsp3) is 0.857. The van der Waals surface area contributed by atoms with Gasteiger partial charge in [0.15, 0.2) is 0 Å². The first-order chi connectivity index (χ1) is 16.3. The molecule has 0 amide bonds. The van der Waals surface area contributed by atoms with E-state index in [0.717, 1.165) is 42.3 Å². The fourth-order valence-corrected chi connectivity index (χ4v) is 4.99. The Morgan fingerprint density at radius 2 is 1.15 bits per heavy atom. The summed E-state index contributed by atoms with van der Waals surface area (Å²) in [5, 5.41) is 0. The molecule has 3 rings (SSSR count). The summed E-state index contributed by atoms with van der Waals surface area (Å²) in [6.07, 6.45) is 27.9. The van der Waals surface area contributed by atoms with Gasteiger partial charge in [-0.05, 0) is 67.3 Å². The number of ether oxygens (including phenoxy) is 2. The van der Waals surface area contributed by atoms with E-state index in [1.54, 1.807) is 0 Å². The average Bonchev–Trinajstić information content (AvgIpc) is 2.75. The number of aryl methyl sites for hydroxylation is 1. The summed E-state index contributed by atoms with van der Waals surface area (Å²) in [7, 11) is 0. The highest BCUT2D eigenvalue weighted by molar-refractivity contribution is 9.10. The van der Waals surface area contributed by atoms with Crippen LogP contribution in [-0.2, 0) is 6.42 Å². The average molecular weight is 524 g/mol. The maximum atomic E-state index is 6.14. The molecule has 2 aliphatic rings. The molecular formula is C28H47BrN2O2. The van der Waals surface area contributed by atoms with Crippen molar-refractivity contribution in [1.29, 1.82) is 0 Å². The molecule has 5 heteroatoms. The molecule has 33 heavy (non-hydrogen) atoms. The predicted molar refractivity (Wildman–Crippen MR) is 140 cm³/mol. The number of hydrogen-bond acceptors (Lipinski definition) is 4. The highest BCUT2D eigenvalue weighted by atomic mass is 79.9. The minimum Gasteiger partial charge on any atom is -0.473 e. The lowest BCUT2D eigenvalue weighted by atomic mass is 9.96. The molecule has 188 valence electrons. The number of aromatic nitrogens is 2. The van der Waals surface area contributed by atoms with Gasteiger partial charge in [0, 0.05) is 0 Å². The van der Waals surface area contributed by atoms with E-state index in [0.29, 0.717) is 18.0 Å². The summed E-state index contributed by atoms with van der Waals surface area (Å²) >= 11 is 3.73. The van der Waals surface area contributed by atoms with Gasteiger partial charge in [0.25, 0.3) is 0 Å². The van der Waals surface area contributed by atoms with Crippen LogP contribution in [0.2, 0.25) is 0 Å². The number of rotatable bonds is 19. The van der Waals surface area contributed by atoms with Gasteiger partial charge in [0.05, 0.1) is 5.69 Å². The van der Waals surface area contributed by atoms with E-state index in [9.17, 15) is 0 Å². The third kappa shape index (κ3) is 10.1. The van der Waals surface area contributed by atoms with Crippen molar-refractivity contribution in [2.24, 2.45) is 0 Å². The third-order valence-electron chi connectivity index (χ3n) is 7.29. The maximum Gasteiger partial charge on any atom is 0.320 e. The van der Waals surface area contributed by atoms with Crippen molar-refractivity contribution in [3.63, 3.8) is 0 Å². The quantitative estimate of drug-likeness (QED) is 0.170. The Labute approximate surface area is 211 Å². The Hall–Kier alpha value is -0.840. The summed E-state index contributed by atoms with van der Waals surface area (Å²) in [6, 6.07) is 0.512. The van der Waals surface area contributed by atoms with E-state index in [4.69, 9.17) is 14.5 Å². The minimum absolute atomic E-state index is 0.289. The molecular weight excluding hydrogens is 476 g/mol. The number of hydrogen-bond donors (Lipinski definition) is 0. The molecule has 1 aromatic rings. The topological polar surface area (TPSA) is 44.2 Å². The SMILES string of the molecule is CCCCCCCCCCCCCCCCc1nc(OC2CCC2)nc(OC2CCC2)c1Br. The molecule has 2 fully saturated rings. The van der Waals surface area contributed by atoms with Crippen molar-refractivity contribution in [3.8, 4) is 11.9 Å². The predicted octanol–water partition coefficient (Wildman–Crippen LogP) is 9.13. The zero-order valence-corrected chi connectivity index (χ0v) is 22.7. The Morgan fingerprint density at radius 1 is 0.667 bits per heavy atom. The lowest BCUT2D eigenvalue weighted by Gasteiger charge is -2.28. The van der Waals surface area contributed by atoms with E-state index in [-0.39, 0.29) is 6.10 Å². The van der Waals surface area contributed by atoms with Gasteiger partial charge in [-0.15, -0.1) is 0 Å². The Balaban J connectivity index is 1.29. The van der Waals surface area contributed by atoms with Gasteiger partial charge in [-0.2, -0.15) is 9.97 Å². The van der Waals surface area contributed by atoms with Crippen LogP contribution in [0.15, 0.2) is 4.47 Å². The summed E-state index contributed by atoms with van der Waals surface area (Å²) in [5.41, 5.74) is 1.05. The van der Waals surface area contributed by atoms with E-state index >= 15 is 0 Å². The van der Waals surface area contributed by atoms with E-state index in [1.807, 2.05) is 0 Å². The van der Waals surface area contributed by atoms with E-state index in [2.05, 4.69) is 27.8 Å². The molecule has 1 heterocycles. The van der Waals surface area contributed by atoms with Gasteiger partial charge in [0.2, 0.25) is 5.88 Å². The van der Waals surface area contributed by atoms with Crippen LogP contribution in [0.5, 0.6) is 11.9 Å². The van der Waals surface area contributed by atoms with Crippen LogP contribution in [0.1, 0.15) is 141 Å². The number of halogens is 1. The van der Waals surface area contributed by atoms with Crippen molar-refractivity contribution < 1.29 is 9.47 Å². The van der Waals surface area contributed by atoms with E-state index in [1.165, 1.54) is 103 Å². The lowest BCUT2D eigenvalue weighted by Crippen LogP contribution is -2.27. The van der Waals surface area contributed by atoms with Crippen molar-refractivity contribution in [3.05, 3.63) is 10.2 Å². The summed E-state index contributed by atoms with van der Waals surface area (Å²) < 4.78 is 13.1. The van der Waals surface area contributed by atoms with Crippen molar-refractivity contribution in [2.45, 2.75) is 154 Å². The summed E-state index contributed by atoms with van der Waals surface area (Å²) in [4.78, 5) is 9.34. The van der Waals surface area contributed by atoms with Crippen LogP contribution in [0.4, 0.5) is 0 Å². The van der Waals surface area contributed by atoms with Crippen molar-refractivity contribution in [2.75, 3.05) is 0 Å². The fourth-order valence-electron chi connectivity index (χ4n) is 4.52. The molecule has 4 nitrogen and oxygen atoms in total. The molecule has 0 saturated heterocycles. The monoisotopic (exact) mass is 522 g/mol. The Bertz CT molecular complexity index is 662. The zero-order chi connectivity index (χ0) is 23.1. The zero-order valence-electron chi connectivity index (χ0n) is 21.1. The van der Waals surface area contributed by atoms with Crippen LogP contribution in [0, 0.1) is 0 Å². The lowest BCUT2D eigenvalue weighted by molar-refractivity contribution is 0.0953. The molecule has 0 atom stereocenters. The smallest absolute Gasteiger partial charge is 0.320 e. The standard InChI is InChI=1S/C28H47BrN2O2/c1-2-3-4-5-6-7-8-9-10-11-12-13-14-15-22-25-26(29)27(32-23-18-16-19-23)31-28(30-25)33-24-20-17-21-24/h23-24H,2-22H2,1H3. The first kappa shape index (κ1) is 26.8. The van der Waals surface area contributed by atoms with Gasteiger partial charge in [0.1, 0.15) is 16.7 Å². The third-order valence-corrected chi connectivity index (χ3v) is 8.09.